The first-order valence-electron chi connectivity index (χ1n) is 8.40. The standard InChI is InChI=1S/C19H20N4O2/c1-12-7-9-13(10-8-12)23-16-6-4-3-5-14(16)17(22-23)18(24)15(11-20)19(25)21-2/h7-10,15H,3-6H2,1-2H3,(H,21,25)/t15-/m0/s1. The summed E-state index contributed by atoms with van der Waals surface area (Å²) >= 11 is 0. The Morgan fingerprint density at radius 3 is 2.56 bits per heavy atom. The molecule has 1 aliphatic carbocycles. The molecule has 0 saturated carbocycles. The Bertz CT molecular complexity index is 859. The molecular weight excluding hydrogens is 316 g/mol. The Labute approximate surface area is 146 Å². The number of rotatable bonds is 4. The normalized spacial score (nSPS) is 14.3. The highest BCUT2D eigenvalue weighted by Gasteiger charge is 2.33. The molecule has 0 saturated heterocycles. The zero-order chi connectivity index (χ0) is 18.0. The largest absolute Gasteiger partial charge is 0.358 e. The van der Waals surface area contributed by atoms with Crippen LogP contribution < -0.4 is 5.32 Å². The molecule has 25 heavy (non-hydrogen) atoms. The first-order valence-corrected chi connectivity index (χ1v) is 8.40. The fourth-order valence-corrected chi connectivity index (χ4v) is 3.21. The summed E-state index contributed by atoms with van der Waals surface area (Å²) in [5.41, 5.74) is 4.17. The van der Waals surface area contributed by atoms with E-state index in [1.165, 1.54) is 7.05 Å². The third kappa shape index (κ3) is 3.05. The van der Waals surface area contributed by atoms with E-state index < -0.39 is 17.6 Å². The molecule has 0 spiro atoms. The van der Waals surface area contributed by atoms with Gasteiger partial charge in [0.2, 0.25) is 11.7 Å². The fraction of sp³-hybridized carbons (Fsp3) is 0.368. The molecule has 1 heterocycles. The maximum Gasteiger partial charge on any atom is 0.245 e. The number of ketones is 1. The molecule has 1 N–H and O–H groups in total. The molecule has 1 aromatic carbocycles. The van der Waals surface area contributed by atoms with E-state index in [0.717, 1.165) is 48.2 Å². The predicted molar refractivity (Wildman–Crippen MR) is 92.4 cm³/mol. The number of fused-ring (bicyclic) bond motifs is 1. The van der Waals surface area contributed by atoms with E-state index in [2.05, 4.69) is 10.4 Å². The highest BCUT2D eigenvalue weighted by molar-refractivity contribution is 6.11. The number of nitriles is 1. The molecule has 1 amide bonds. The molecule has 1 atom stereocenters. The van der Waals surface area contributed by atoms with Crippen molar-refractivity contribution in [2.24, 2.45) is 5.92 Å². The van der Waals surface area contributed by atoms with Crippen LogP contribution in [0, 0.1) is 24.2 Å². The van der Waals surface area contributed by atoms with Crippen molar-refractivity contribution in [3.05, 3.63) is 46.8 Å². The van der Waals surface area contributed by atoms with E-state index in [1.54, 1.807) is 10.8 Å². The maximum absolute atomic E-state index is 12.8. The van der Waals surface area contributed by atoms with E-state index >= 15 is 0 Å². The number of aromatic nitrogens is 2. The van der Waals surface area contributed by atoms with Crippen LogP contribution in [-0.4, -0.2) is 28.5 Å². The van der Waals surface area contributed by atoms with Gasteiger partial charge in [-0.05, 0) is 44.7 Å². The number of hydrogen-bond acceptors (Lipinski definition) is 4. The number of nitrogens with one attached hydrogen (secondary N) is 1. The van der Waals surface area contributed by atoms with Crippen LogP contribution in [0.25, 0.3) is 5.69 Å². The van der Waals surface area contributed by atoms with Gasteiger partial charge in [0.25, 0.3) is 0 Å². The zero-order valence-corrected chi connectivity index (χ0v) is 14.4. The van der Waals surface area contributed by atoms with Crippen molar-refractivity contribution in [2.75, 3.05) is 7.05 Å². The Balaban J connectivity index is 2.09. The van der Waals surface area contributed by atoms with Gasteiger partial charge in [-0.1, -0.05) is 17.7 Å². The van der Waals surface area contributed by atoms with Crippen molar-refractivity contribution in [1.82, 2.24) is 15.1 Å². The smallest absolute Gasteiger partial charge is 0.245 e. The number of nitrogens with zero attached hydrogens (tertiary/aromatic N) is 3. The molecule has 0 radical (unpaired) electrons. The van der Waals surface area contributed by atoms with Gasteiger partial charge < -0.3 is 5.32 Å². The summed E-state index contributed by atoms with van der Waals surface area (Å²) in [5, 5.41) is 16.1. The van der Waals surface area contributed by atoms with Crippen molar-refractivity contribution in [3.8, 4) is 11.8 Å². The fourth-order valence-electron chi connectivity index (χ4n) is 3.21. The molecule has 0 bridgehead atoms. The van der Waals surface area contributed by atoms with Gasteiger partial charge in [-0.3, -0.25) is 9.59 Å². The Morgan fingerprint density at radius 1 is 1.24 bits per heavy atom. The highest BCUT2D eigenvalue weighted by Crippen LogP contribution is 2.28. The number of aryl methyl sites for hydroxylation is 1. The number of carbonyl (C=O) groups is 2. The lowest BCUT2D eigenvalue weighted by atomic mass is 9.91. The molecule has 3 rings (SSSR count). The second-order valence-electron chi connectivity index (χ2n) is 6.27. The second-order valence-corrected chi connectivity index (χ2v) is 6.27. The molecule has 128 valence electrons. The molecule has 6 heteroatoms. The van der Waals surface area contributed by atoms with E-state index in [9.17, 15) is 14.9 Å². The van der Waals surface area contributed by atoms with Crippen LogP contribution in [0.5, 0.6) is 0 Å². The lowest BCUT2D eigenvalue weighted by Crippen LogP contribution is -2.32. The van der Waals surface area contributed by atoms with Crippen molar-refractivity contribution in [1.29, 1.82) is 5.26 Å². The summed E-state index contributed by atoms with van der Waals surface area (Å²) in [5.74, 6) is -2.48. The average Bonchev–Trinajstić information content (AvgIpc) is 3.02. The highest BCUT2D eigenvalue weighted by atomic mass is 16.2. The van der Waals surface area contributed by atoms with Crippen LogP contribution in [0.4, 0.5) is 0 Å². The van der Waals surface area contributed by atoms with Gasteiger partial charge in [0, 0.05) is 18.3 Å². The van der Waals surface area contributed by atoms with Gasteiger partial charge in [0.15, 0.2) is 5.92 Å². The number of carbonyl (C=O) groups excluding carboxylic acids is 2. The van der Waals surface area contributed by atoms with Crippen LogP contribution >= 0.6 is 0 Å². The lowest BCUT2D eigenvalue weighted by molar-refractivity contribution is -0.121. The van der Waals surface area contributed by atoms with Crippen molar-refractivity contribution in [3.63, 3.8) is 0 Å². The first-order chi connectivity index (χ1) is 12.1. The second kappa shape index (κ2) is 6.89. The van der Waals surface area contributed by atoms with E-state index in [0.29, 0.717) is 0 Å². The lowest BCUT2D eigenvalue weighted by Gasteiger charge is -2.14. The Hall–Kier alpha value is -2.94. The minimum absolute atomic E-state index is 0.255. The first kappa shape index (κ1) is 16.9. The molecule has 0 unspecified atom stereocenters. The zero-order valence-electron chi connectivity index (χ0n) is 14.4. The van der Waals surface area contributed by atoms with Crippen LogP contribution in [0.15, 0.2) is 24.3 Å². The molecule has 0 aliphatic heterocycles. The van der Waals surface area contributed by atoms with Crippen LogP contribution in [0.1, 0.15) is 40.2 Å². The van der Waals surface area contributed by atoms with Gasteiger partial charge in [0.05, 0.1) is 11.8 Å². The minimum Gasteiger partial charge on any atom is -0.358 e. The summed E-state index contributed by atoms with van der Waals surface area (Å²) in [6.45, 7) is 2.01. The molecule has 6 nitrogen and oxygen atoms in total. The topological polar surface area (TPSA) is 87.8 Å². The number of Topliss-reactive ketones (excluding diaryl/α,β-unsaturated/α-hetero) is 1. The number of amides is 1. The molecule has 1 aliphatic rings. The summed E-state index contributed by atoms with van der Waals surface area (Å²) in [6.07, 6.45) is 3.59. The third-order valence-electron chi connectivity index (χ3n) is 4.59. The van der Waals surface area contributed by atoms with Crippen molar-refractivity contribution < 1.29 is 9.59 Å². The molecule has 2 aromatic rings. The third-order valence-corrected chi connectivity index (χ3v) is 4.59. The van der Waals surface area contributed by atoms with Crippen LogP contribution in [-0.2, 0) is 17.6 Å². The quantitative estimate of drug-likeness (QED) is 0.684. The number of benzene rings is 1. The molecular formula is C19H20N4O2. The van der Waals surface area contributed by atoms with Gasteiger partial charge in [0.1, 0.15) is 5.69 Å². The predicted octanol–water partition coefficient (Wildman–Crippen LogP) is 2.13. The van der Waals surface area contributed by atoms with Crippen LogP contribution in [0.2, 0.25) is 0 Å². The molecule has 1 aromatic heterocycles. The molecule has 0 fully saturated rings. The SMILES string of the molecule is CNC(=O)[C@@H](C#N)C(=O)c1nn(-c2ccc(C)cc2)c2c1CCCC2. The van der Waals surface area contributed by atoms with E-state index in [-0.39, 0.29) is 5.69 Å². The minimum atomic E-state index is -1.36. The Morgan fingerprint density at radius 2 is 1.92 bits per heavy atom. The monoisotopic (exact) mass is 336 g/mol. The van der Waals surface area contributed by atoms with Gasteiger partial charge in [-0.25, -0.2) is 4.68 Å². The maximum atomic E-state index is 12.8. The van der Waals surface area contributed by atoms with E-state index in [4.69, 9.17) is 0 Å². The van der Waals surface area contributed by atoms with Crippen molar-refractivity contribution in [2.45, 2.75) is 32.6 Å². The summed E-state index contributed by atoms with van der Waals surface area (Å²) < 4.78 is 1.79. The summed E-state index contributed by atoms with van der Waals surface area (Å²) in [4.78, 5) is 24.6. The van der Waals surface area contributed by atoms with Crippen LogP contribution in [0.3, 0.4) is 0 Å². The average molecular weight is 336 g/mol. The van der Waals surface area contributed by atoms with Gasteiger partial charge >= 0.3 is 0 Å². The summed E-state index contributed by atoms with van der Waals surface area (Å²) in [7, 11) is 1.42. The Kier molecular flexibility index (Phi) is 4.66. The van der Waals surface area contributed by atoms with E-state index in [1.807, 2.05) is 31.2 Å². The van der Waals surface area contributed by atoms with Crippen molar-refractivity contribution >= 4 is 11.7 Å². The van der Waals surface area contributed by atoms with Gasteiger partial charge in [-0.15, -0.1) is 0 Å². The van der Waals surface area contributed by atoms with Gasteiger partial charge in [-0.2, -0.15) is 10.4 Å². The summed E-state index contributed by atoms with van der Waals surface area (Å²) in [6, 6.07) is 9.72. The number of hydrogen-bond donors (Lipinski definition) is 1.